The summed E-state index contributed by atoms with van der Waals surface area (Å²) in [5, 5.41) is 3.23. The Balaban J connectivity index is 2.22. The SMILES string of the molecule is CCc1cccc(Nc2ccc(N)c(OC)n2)c1. The fourth-order valence-electron chi connectivity index (χ4n) is 1.70. The summed E-state index contributed by atoms with van der Waals surface area (Å²) in [4.78, 5) is 4.28. The normalized spacial score (nSPS) is 10.1. The summed E-state index contributed by atoms with van der Waals surface area (Å²) in [7, 11) is 1.56. The van der Waals surface area contributed by atoms with E-state index in [1.165, 1.54) is 5.56 Å². The lowest BCUT2D eigenvalue weighted by Gasteiger charge is -2.09. The number of pyridine rings is 1. The van der Waals surface area contributed by atoms with Crippen molar-refractivity contribution in [2.24, 2.45) is 0 Å². The molecule has 94 valence electrons. The molecule has 0 amide bonds. The molecule has 0 aliphatic heterocycles. The molecule has 0 bridgehead atoms. The van der Waals surface area contributed by atoms with Crippen molar-refractivity contribution in [3.63, 3.8) is 0 Å². The number of rotatable bonds is 4. The van der Waals surface area contributed by atoms with Crippen molar-refractivity contribution in [3.05, 3.63) is 42.0 Å². The number of methoxy groups -OCH3 is 1. The topological polar surface area (TPSA) is 60.2 Å². The summed E-state index contributed by atoms with van der Waals surface area (Å²) < 4.78 is 5.09. The van der Waals surface area contributed by atoms with Crippen molar-refractivity contribution in [2.75, 3.05) is 18.2 Å². The molecule has 0 spiro atoms. The molecular formula is C14H17N3O. The number of aryl methyl sites for hydroxylation is 1. The summed E-state index contributed by atoms with van der Waals surface area (Å²) in [5.41, 5.74) is 8.54. The third kappa shape index (κ3) is 2.71. The van der Waals surface area contributed by atoms with Gasteiger partial charge in [-0.2, -0.15) is 4.98 Å². The summed E-state index contributed by atoms with van der Waals surface area (Å²) in [6.07, 6.45) is 1.01. The molecule has 0 saturated heterocycles. The predicted octanol–water partition coefficient (Wildman–Crippen LogP) is 2.98. The number of hydrogen-bond donors (Lipinski definition) is 2. The van der Waals surface area contributed by atoms with Crippen LogP contribution in [0.3, 0.4) is 0 Å². The van der Waals surface area contributed by atoms with E-state index in [4.69, 9.17) is 10.5 Å². The van der Waals surface area contributed by atoms with Crippen LogP contribution in [0.2, 0.25) is 0 Å². The molecule has 0 unspecified atom stereocenters. The number of hydrogen-bond acceptors (Lipinski definition) is 4. The lowest BCUT2D eigenvalue weighted by atomic mass is 10.1. The minimum atomic E-state index is 0.437. The van der Waals surface area contributed by atoms with E-state index in [2.05, 4.69) is 29.4 Å². The van der Waals surface area contributed by atoms with Crippen LogP contribution in [-0.4, -0.2) is 12.1 Å². The summed E-state index contributed by atoms with van der Waals surface area (Å²) in [5.74, 6) is 1.15. The van der Waals surface area contributed by atoms with Crippen molar-refractivity contribution < 1.29 is 4.74 Å². The Morgan fingerprint density at radius 1 is 1.28 bits per heavy atom. The van der Waals surface area contributed by atoms with Crippen molar-refractivity contribution in [2.45, 2.75) is 13.3 Å². The standard InChI is InChI=1S/C14H17N3O/c1-3-10-5-4-6-11(9-10)16-13-8-7-12(15)14(17-13)18-2/h4-9H,3,15H2,1-2H3,(H,16,17). The second-order valence-corrected chi connectivity index (χ2v) is 3.97. The lowest BCUT2D eigenvalue weighted by molar-refractivity contribution is 0.401. The number of nitrogens with two attached hydrogens (primary N) is 1. The van der Waals surface area contributed by atoms with Crippen LogP contribution in [0.15, 0.2) is 36.4 Å². The zero-order valence-corrected chi connectivity index (χ0v) is 10.6. The Kier molecular flexibility index (Phi) is 3.67. The first-order valence-corrected chi connectivity index (χ1v) is 5.89. The van der Waals surface area contributed by atoms with Gasteiger partial charge in [-0.1, -0.05) is 19.1 Å². The van der Waals surface area contributed by atoms with Gasteiger partial charge in [-0.3, -0.25) is 0 Å². The highest BCUT2D eigenvalue weighted by Crippen LogP contribution is 2.23. The van der Waals surface area contributed by atoms with Gasteiger partial charge in [-0.15, -0.1) is 0 Å². The monoisotopic (exact) mass is 243 g/mol. The molecule has 4 nitrogen and oxygen atoms in total. The van der Waals surface area contributed by atoms with Gasteiger partial charge < -0.3 is 15.8 Å². The molecule has 1 aromatic carbocycles. The minimum Gasteiger partial charge on any atom is -0.479 e. The zero-order chi connectivity index (χ0) is 13.0. The molecule has 3 N–H and O–H groups in total. The van der Waals surface area contributed by atoms with Crippen LogP contribution in [0.25, 0.3) is 0 Å². The molecule has 18 heavy (non-hydrogen) atoms. The van der Waals surface area contributed by atoms with Gasteiger partial charge in [0.05, 0.1) is 12.8 Å². The second-order valence-electron chi connectivity index (χ2n) is 3.97. The fraction of sp³-hybridized carbons (Fsp3) is 0.214. The van der Waals surface area contributed by atoms with Crippen molar-refractivity contribution in [3.8, 4) is 5.88 Å². The predicted molar refractivity (Wildman–Crippen MR) is 74.3 cm³/mol. The lowest BCUT2D eigenvalue weighted by Crippen LogP contribution is -1.99. The largest absolute Gasteiger partial charge is 0.479 e. The summed E-state index contributed by atoms with van der Waals surface area (Å²) in [6.45, 7) is 2.13. The maximum absolute atomic E-state index is 5.72. The van der Waals surface area contributed by atoms with Crippen LogP contribution >= 0.6 is 0 Å². The smallest absolute Gasteiger partial charge is 0.238 e. The Bertz CT molecular complexity index is 540. The van der Waals surface area contributed by atoms with Crippen molar-refractivity contribution in [1.82, 2.24) is 4.98 Å². The molecule has 2 aromatic rings. The fourth-order valence-corrected chi connectivity index (χ4v) is 1.70. The van der Waals surface area contributed by atoms with Crippen LogP contribution in [0.4, 0.5) is 17.2 Å². The molecule has 4 heteroatoms. The van der Waals surface area contributed by atoms with Crippen LogP contribution < -0.4 is 15.8 Å². The zero-order valence-electron chi connectivity index (χ0n) is 10.6. The van der Waals surface area contributed by atoms with E-state index in [9.17, 15) is 0 Å². The average molecular weight is 243 g/mol. The van der Waals surface area contributed by atoms with Crippen LogP contribution in [0.1, 0.15) is 12.5 Å². The molecular weight excluding hydrogens is 226 g/mol. The Morgan fingerprint density at radius 3 is 2.83 bits per heavy atom. The molecule has 1 heterocycles. The summed E-state index contributed by atoms with van der Waals surface area (Å²) in [6, 6.07) is 11.8. The van der Waals surface area contributed by atoms with Gasteiger partial charge in [0.2, 0.25) is 5.88 Å². The maximum Gasteiger partial charge on any atom is 0.238 e. The van der Waals surface area contributed by atoms with Gasteiger partial charge in [0.25, 0.3) is 0 Å². The quantitative estimate of drug-likeness (QED) is 0.866. The maximum atomic E-state index is 5.72. The first-order chi connectivity index (χ1) is 8.72. The van der Waals surface area contributed by atoms with E-state index in [-0.39, 0.29) is 0 Å². The molecule has 2 rings (SSSR count). The highest BCUT2D eigenvalue weighted by atomic mass is 16.5. The number of nitrogens with one attached hydrogen (secondary N) is 1. The number of benzene rings is 1. The van der Waals surface area contributed by atoms with Gasteiger partial charge in [0.15, 0.2) is 0 Å². The average Bonchev–Trinajstić information content (AvgIpc) is 2.41. The third-order valence-electron chi connectivity index (χ3n) is 2.69. The van der Waals surface area contributed by atoms with Crippen LogP contribution in [0, 0.1) is 0 Å². The Hall–Kier alpha value is -2.23. The van der Waals surface area contributed by atoms with Gasteiger partial charge in [0, 0.05) is 5.69 Å². The van der Waals surface area contributed by atoms with Crippen LogP contribution in [0.5, 0.6) is 5.88 Å². The highest BCUT2D eigenvalue weighted by molar-refractivity contribution is 5.61. The first kappa shape index (κ1) is 12.2. The molecule has 0 aliphatic rings. The van der Waals surface area contributed by atoms with Gasteiger partial charge in [-0.05, 0) is 36.2 Å². The van der Waals surface area contributed by atoms with Crippen molar-refractivity contribution in [1.29, 1.82) is 0 Å². The van der Waals surface area contributed by atoms with E-state index < -0.39 is 0 Å². The number of aromatic nitrogens is 1. The highest BCUT2D eigenvalue weighted by Gasteiger charge is 2.03. The van der Waals surface area contributed by atoms with E-state index >= 15 is 0 Å². The van der Waals surface area contributed by atoms with Crippen molar-refractivity contribution >= 4 is 17.2 Å². The molecule has 0 saturated carbocycles. The second kappa shape index (κ2) is 5.40. The third-order valence-corrected chi connectivity index (χ3v) is 2.69. The van der Waals surface area contributed by atoms with E-state index in [0.29, 0.717) is 17.4 Å². The number of ether oxygens (including phenoxy) is 1. The summed E-state index contributed by atoms with van der Waals surface area (Å²) >= 11 is 0. The van der Waals surface area contributed by atoms with Gasteiger partial charge in [-0.25, -0.2) is 0 Å². The number of nitrogen functional groups attached to an aromatic ring is 1. The Labute approximate surface area is 107 Å². The molecule has 0 radical (unpaired) electrons. The number of anilines is 3. The van der Waals surface area contributed by atoms with Gasteiger partial charge in [0.1, 0.15) is 5.82 Å². The number of nitrogens with zero attached hydrogens (tertiary/aromatic N) is 1. The molecule has 0 fully saturated rings. The van der Waals surface area contributed by atoms with Gasteiger partial charge >= 0.3 is 0 Å². The molecule has 0 atom stereocenters. The minimum absolute atomic E-state index is 0.437. The Morgan fingerprint density at radius 2 is 2.11 bits per heavy atom. The first-order valence-electron chi connectivity index (χ1n) is 5.89. The van der Waals surface area contributed by atoms with Crippen LogP contribution in [-0.2, 0) is 6.42 Å². The van der Waals surface area contributed by atoms with E-state index in [1.54, 1.807) is 13.2 Å². The molecule has 1 aromatic heterocycles. The van der Waals surface area contributed by atoms with E-state index in [1.807, 2.05) is 18.2 Å². The van der Waals surface area contributed by atoms with E-state index in [0.717, 1.165) is 12.1 Å². The molecule has 0 aliphatic carbocycles.